The number of nitrogens with zero attached hydrogens (tertiary/aromatic N) is 5. The van der Waals surface area contributed by atoms with Gasteiger partial charge < -0.3 is 24.0 Å². The molecule has 0 bridgehead atoms. The standard InChI is InChI=1S/C22H30N6O2.HI/c1-15-13-18(16(2)28(15)19-7-9-20(29-6)10-8-19)14-27(5)22(23-4)24-12-11-21-25-17(3)26-30-21;/h7-10,13H,11-12,14H2,1-6H3,(H,23,24);1H. The van der Waals surface area contributed by atoms with E-state index < -0.39 is 0 Å². The Hall–Kier alpha value is -2.56. The first-order valence-electron chi connectivity index (χ1n) is 9.96. The van der Waals surface area contributed by atoms with E-state index in [2.05, 4.69) is 62.0 Å². The molecule has 0 fully saturated rings. The number of halogens is 1. The van der Waals surface area contributed by atoms with Gasteiger partial charge >= 0.3 is 0 Å². The van der Waals surface area contributed by atoms with Gasteiger partial charge in [0.2, 0.25) is 5.89 Å². The molecule has 168 valence electrons. The van der Waals surface area contributed by atoms with Crippen molar-refractivity contribution < 1.29 is 9.26 Å². The molecule has 8 nitrogen and oxygen atoms in total. The van der Waals surface area contributed by atoms with Crippen molar-refractivity contribution >= 4 is 29.9 Å². The summed E-state index contributed by atoms with van der Waals surface area (Å²) >= 11 is 0. The summed E-state index contributed by atoms with van der Waals surface area (Å²) in [6.45, 7) is 7.50. The second-order valence-electron chi connectivity index (χ2n) is 7.25. The zero-order chi connectivity index (χ0) is 21.7. The SMILES string of the molecule is CN=C(NCCc1nc(C)no1)N(C)Cc1cc(C)n(-c2ccc(OC)cc2)c1C.I. The van der Waals surface area contributed by atoms with E-state index in [1.54, 1.807) is 14.2 Å². The van der Waals surface area contributed by atoms with Crippen molar-refractivity contribution in [2.45, 2.75) is 33.7 Å². The Labute approximate surface area is 200 Å². The Morgan fingerprint density at radius 1 is 1.23 bits per heavy atom. The summed E-state index contributed by atoms with van der Waals surface area (Å²) in [6.07, 6.45) is 0.652. The Bertz CT molecular complexity index is 1010. The number of aryl methyl sites for hydroxylation is 2. The third-order valence-corrected chi connectivity index (χ3v) is 5.04. The predicted octanol–water partition coefficient (Wildman–Crippen LogP) is 3.66. The highest BCUT2D eigenvalue weighted by Crippen LogP contribution is 2.23. The molecule has 9 heteroatoms. The van der Waals surface area contributed by atoms with Crippen LogP contribution in [0.2, 0.25) is 0 Å². The molecule has 0 aliphatic heterocycles. The van der Waals surface area contributed by atoms with Crippen LogP contribution in [0.4, 0.5) is 0 Å². The molecule has 3 aromatic rings. The predicted molar refractivity (Wildman–Crippen MR) is 133 cm³/mol. The number of ether oxygens (including phenoxy) is 1. The highest BCUT2D eigenvalue weighted by molar-refractivity contribution is 14.0. The molecule has 0 radical (unpaired) electrons. The number of methoxy groups -OCH3 is 1. The van der Waals surface area contributed by atoms with Gasteiger partial charge in [-0.2, -0.15) is 4.98 Å². The number of guanidine groups is 1. The lowest BCUT2D eigenvalue weighted by molar-refractivity contribution is 0.373. The monoisotopic (exact) mass is 538 g/mol. The molecule has 0 spiro atoms. The van der Waals surface area contributed by atoms with Gasteiger partial charge in [0.25, 0.3) is 0 Å². The lowest BCUT2D eigenvalue weighted by Crippen LogP contribution is -2.39. The topological polar surface area (TPSA) is 80.7 Å². The van der Waals surface area contributed by atoms with Crippen LogP contribution in [0, 0.1) is 20.8 Å². The highest BCUT2D eigenvalue weighted by atomic mass is 127. The van der Waals surface area contributed by atoms with Crippen LogP contribution in [0.5, 0.6) is 5.75 Å². The number of benzene rings is 1. The third-order valence-electron chi connectivity index (χ3n) is 5.04. The molecular formula is C22H31IN6O2. The van der Waals surface area contributed by atoms with Gasteiger partial charge in [0.15, 0.2) is 11.8 Å². The fourth-order valence-electron chi connectivity index (χ4n) is 3.56. The van der Waals surface area contributed by atoms with Crippen LogP contribution in [0.15, 0.2) is 39.8 Å². The zero-order valence-corrected chi connectivity index (χ0v) is 21.3. The molecule has 1 aromatic carbocycles. The number of aliphatic imine (C=N–C) groups is 1. The minimum absolute atomic E-state index is 0. The number of rotatable bonds is 7. The molecule has 1 N–H and O–H groups in total. The van der Waals surface area contributed by atoms with Crippen LogP contribution in [-0.2, 0) is 13.0 Å². The number of hydrogen-bond acceptors (Lipinski definition) is 5. The van der Waals surface area contributed by atoms with E-state index >= 15 is 0 Å². The van der Waals surface area contributed by atoms with Crippen molar-refractivity contribution in [2.75, 3.05) is 27.7 Å². The first kappa shape index (κ1) is 24.7. The van der Waals surface area contributed by atoms with Crippen molar-refractivity contribution in [3.63, 3.8) is 0 Å². The molecule has 0 amide bonds. The van der Waals surface area contributed by atoms with E-state index in [4.69, 9.17) is 9.26 Å². The maximum absolute atomic E-state index is 5.27. The summed E-state index contributed by atoms with van der Waals surface area (Å²) < 4.78 is 12.7. The van der Waals surface area contributed by atoms with E-state index in [9.17, 15) is 0 Å². The van der Waals surface area contributed by atoms with Gasteiger partial charge in [-0.3, -0.25) is 4.99 Å². The highest BCUT2D eigenvalue weighted by Gasteiger charge is 2.14. The van der Waals surface area contributed by atoms with Gasteiger partial charge in [-0.1, -0.05) is 5.16 Å². The van der Waals surface area contributed by atoms with Crippen LogP contribution >= 0.6 is 24.0 Å². The van der Waals surface area contributed by atoms with E-state index in [1.807, 2.05) is 26.1 Å². The van der Waals surface area contributed by atoms with Crippen molar-refractivity contribution in [1.29, 1.82) is 0 Å². The van der Waals surface area contributed by atoms with Gasteiger partial charge in [0, 0.05) is 50.7 Å². The minimum Gasteiger partial charge on any atom is -0.497 e. The molecule has 0 saturated heterocycles. The molecule has 31 heavy (non-hydrogen) atoms. The lowest BCUT2D eigenvalue weighted by Gasteiger charge is -2.22. The summed E-state index contributed by atoms with van der Waals surface area (Å²) in [5.41, 5.74) is 4.77. The smallest absolute Gasteiger partial charge is 0.228 e. The fraction of sp³-hybridized carbons (Fsp3) is 0.409. The van der Waals surface area contributed by atoms with E-state index in [1.165, 1.54) is 17.0 Å². The van der Waals surface area contributed by atoms with Crippen LogP contribution in [0.3, 0.4) is 0 Å². The van der Waals surface area contributed by atoms with Crippen LogP contribution in [0.1, 0.15) is 28.7 Å². The maximum atomic E-state index is 5.27. The molecule has 3 rings (SSSR count). The van der Waals surface area contributed by atoms with Gasteiger partial charge in [0.05, 0.1) is 7.11 Å². The summed E-state index contributed by atoms with van der Waals surface area (Å²) in [4.78, 5) is 10.7. The van der Waals surface area contributed by atoms with E-state index in [0.29, 0.717) is 24.7 Å². The van der Waals surface area contributed by atoms with Crippen LogP contribution in [0.25, 0.3) is 5.69 Å². The molecule has 0 unspecified atom stereocenters. The molecule has 0 saturated carbocycles. The zero-order valence-electron chi connectivity index (χ0n) is 19.0. The quantitative estimate of drug-likeness (QED) is 0.281. The van der Waals surface area contributed by atoms with Crippen molar-refractivity contribution in [3.8, 4) is 11.4 Å². The Balaban J connectivity index is 0.00000341. The fourth-order valence-corrected chi connectivity index (χ4v) is 3.56. The van der Waals surface area contributed by atoms with Gasteiger partial charge in [0.1, 0.15) is 5.75 Å². The Morgan fingerprint density at radius 2 is 1.94 bits per heavy atom. The molecule has 0 atom stereocenters. The average molecular weight is 538 g/mol. The van der Waals surface area contributed by atoms with E-state index in [0.717, 1.165) is 23.9 Å². The third kappa shape index (κ3) is 5.99. The van der Waals surface area contributed by atoms with Crippen molar-refractivity contribution in [3.05, 3.63) is 59.0 Å². The lowest BCUT2D eigenvalue weighted by atomic mass is 10.2. The van der Waals surface area contributed by atoms with Gasteiger partial charge in [-0.25, -0.2) is 0 Å². The molecule has 0 aliphatic carbocycles. The summed E-state index contributed by atoms with van der Waals surface area (Å²) in [5, 5.41) is 7.18. The number of nitrogens with one attached hydrogen (secondary N) is 1. The maximum Gasteiger partial charge on any atom is 0.228 e. The van der Waals surface area contributed by atoms with Gasteiger partial charge in [-0.05, 0) is 56.7 Å². The summed E-state index contributed by atoms with van der Waals surface area (Å²) in [7, 11) is 5.50. The Kier molecular flexibility index (Phi) is 8.90. The molecule has 2 heterocycles. The number of aromatic nitrogens is 3. The second-order valence-corrected chi connectivity index (χ2v) is 7.25. The molecule has 0 aliphatic rings. The first-order chi connectivity index (χ1) is 14.4. The second kappa shape index (κ2) is 11.2. The molecular weight excluding hydrogens is 507 g/mol. The summed E-state index contributed by atoms with van der Waals surface area (Å²) in [5.74, 6) is 2.95. The van der Waals surface area contributed by atoms with E-state index in [-0.39, 0.29) is 24.0 Å². The number of hydrogen-bond donors (Lipinski definition) is 1. The molecule has 2 aromatic heterocycles. The summed E-state index contributed by atoms with van der Waals surface area (Å²) in [6, 6.07) is 10.3. The average Bonchev–Trinajstić information content (AvgIpc) is 3.27. The van der Waals surface area contributed by atoms with Crippen LogP contribution in [-0.4, -0.2) is 53.3 Å². The van der Waals surface area contributed by atoms with Crippen molar-refractivity contribution in [2.24, 2.45) is 4.99 Å². The first-order valence-corrected chi connectivity index (χ1v) is 9.96. The minimum atomic E-state index is 0. The van der Waals surface area contributed by atoms with Crippen LogP contribution < -0.4 is 10.1 Å². The van der Waals surface area contributed by atoms with Gasteiger partial charge in [-0.15, -0.1) is 24.0 Å². The Morgan fingerprint density at radius 3 is 2.52 bits per heavy atom. The largest absolute Gasteiger partial charge is 0.497 e. The van der Waals surface area contributed by atoms with Crippen molar-refractivity contribution in [1.82, 2.24) is 24.9 Å². The normalized spacial score (nSPS) is 11.2.